The van der Waals surface area contributed by atoms with E-state index in [1.807, 2.05) is 0 Å². The first-order chi connectivity index (χ1) is 15.0. The first-order valence-electron chi connectivity index (χ1n) is 9.80. The number of para-hydroxylation sites is 1. The molecule has 0 aliphatic carbocycles. The summed E-state index contributed by atoms with van der Waals surface area (Å²) < 4.78 is 14.1. The second kappa shape index (κ2) is 10.9. The molecule has 3 aromatic rings. The largest absolute Gasteiger partial charge is 0.297 e. The van der Waals surface area contributed by atoms with Gasteiger partial charge in [-0.25, -0.2) is 9.37 Å². The van der Waals surface area contributed by atoms with Crippen LogP contribution in [0.2, 0.25) is 0 Å². The van der Waals surface area contributed by atoms with Crippen molar-refractivity contribution in [3.8, 4) is 0 Å². The van der Waals surface area contributed by atoms with Crippen LogP contribution in [-0.2, 0) is 16.0 Å². The number of amides is 2. The Bertz CT molecular complexity index is 1080. The molecule has 1 N–H and O–H groups in total. The normalized spacial score (nSPS) is 11.1. The second-order valence-corrected chi connectivity index (χ2v) is 8.54. The molecule has 2 amide bonds. The Hall–Kier alpha value is -2.98. The Morgan fingerprint density at radius 1 is 1.23 bits per heavy atom. The summed E-state index contributed by atoms with van der Waals surface area (Å²) >= 11 is 2.54. The van der Waals surface area contributed by atoms with Crippen LogP contribution < -0.4 is 10.2 Å². The lowest BCUT2D eigenvalue weighted by molar-refractivity contribution is -0.116. The lowest BCUT2D eigenvalue weighted by Crippen LogP contribution is -2.23. The fraction of sp³-hybridized carbons (Fsp3) is 0.286. The van der Waals surface area contributed by atoms with Crippen molar-refractivity contribution in [2.24, 2.45) is 0 Å². The van der Waals surface area contributed by atoms with Crippen LogP contribution in [0, 0.1) is 5.82 Å². The number of nitrogens with zero attached hydrogens (tertiary/aromatic N) is 4. The van der Waals surface area contributed by atoms with Gasteiger partial charge in [0.15, 0.2) is 5.13 Å². The van der Waals surface area contributed by atoms with Gasteiger partial charge in [-0.3, -0.25) is 19.8 Å². The number of hydrogen-bond donors (Lipinski definition) is 1. The highest BCUT2D eigenvalue weighted by atomic mass is 32.1. The molecule has 0 saturated carbocycles. The Balaban J connectivity index is 1.64. The van der Waals surface area contributed by atoms with E-state index in [2.05, 4.69) is 27.4 Å². The summed E-state index contributed by atoms with van der Waals surface area (Å²) in [5, 5.41) is 14.1. The van der Waals surface area contributed by atoms with Crippen LogP contribution in [0.1, 0.15) is 43.8 Å². The van der Waals surface area contributed by atoms with Crippen molar-refractivity contribution < 1.29 is 14.0 Å². The van der Waals surface area contributed by atoms with Crippen molar-refractivity contribution in [2.45, 2.75) is 39.5 Å². The van der Waals surface area contributed by atoms with Crippen LogP contribution in [0.15, 0.2) is 35.7 Å². The number of nitrogens with one attached hydrogen (secondary N) is 1. The number of halogens is 1. The van der Waals surface area contributed by atoms with Crippen LogP contribution in [0.4, 0.5) is 20.3 Å². The molecule has 1 aromatic carbocycles. The minimum atomic E-state index is -0.518. The molecule has 0 atom stereocenters. The predicted octanol–water partition coefficient (Wildman–Crippen LogP) is 5.20. The molecule has 0 bridgehead atoms. The van der Waals surface area contributed by atoms with Crippen molar-refractivity contribution in [2.75, 3.05) is 10.2 Å². The third-order valence-electron chi connectivity index (χ3n) is 4.21. The number of rotatable bonds is 9. The standard InChI is InChI=1S/C21H22FN5O2S2/c1-3-4-5-10-19-25-26-20(31-19)24-18(29)12-11-15-13-30-21(23-15)27(14(2)28)17-9-7-6-8-16(17)22/h6-9,11-13H,3-5,10H2,1-2H3,(H,24,26,29)/b12-11+. The molecule has 0 unspecified atom stereocenters. The van der Waals surface area contributed by atoms with E-state index < -0.39 is 5.82 Å². The van der Waals surface area contributed by atoms with E-state index in [0.29, 0.717) is 16.0 Å². The van der Waals surface area contributed by atoms with Gasteiger partial charge in [0, 0.05) is 24.8 Å². The van der Waals surface area contributed by atoms with Gasteiger partial charge >= 0.3 is 0 Å². The molecule has 0 fully saturated rings. The number of thiazole rings is 1. The average Bonchev–Trinajstić information content (AvgIpc) is 3.38. The molecule has 31 heavy (non-hydrogen) atoms. The Labute approximate surface area is 187 Å². The Morgan fingerprint density at radius 3 is 2.77 bits per heavy atom. The van der Waals surface area contributed by atoms with Crippen molar-refractivity contribution in [3.63, 3.8) is 0 Å². The first kappa shape index (κ1) is 22.7. The molecule has 10 heteroatoms. The molecule has 7 nitrogen and oxygen atoms in total. The van der Waals surface area contributed by atoms with E-state index in [4.69, 9.17) is 0 Å². The van der Waals surface area contributed by atoms with Gasteiger partial charge in [0.2, 0.25) is 16.9 Å². The highest BCUT2D eigenvalue weighted by Gasteiger charge is 2.20. The summed E-state index contributed by atoms with van der Waals surface area (Å²) in [5.41, 5.74) is 0.610. The highest BCUT2D eigenvalue weighted by Crippen LogP contribution is 2.31. The van der Waals surface area contributed by atoms with Crippen molar-refractivity contribution in [3.05, 3.63) is 52.2 Å². The van der Waals surface area contributed by atoms with Crippen LogP contribution in [-0.4, -0.2) is 27.0 Å². The number of benzene rings is 1. The first-order valence-corrected chi connectivity index (χ1v) is 11.5. The molecular formula is C21H22FN5O2S2. The molecule has 0 spiro atoms. The highest BCUT2D eigenvalue weighted by molar-refractivity contribution is 7.15. The number of anilines is 3. The maximum absolute atomic E-state index is 14.1. The van der Waals surface area contributed by atoms with Crippen molar-refractivity contribution in [1.82, 2.24) is 15.2 Å². The third kappa shape index (κ3) is 6.25. The van der Waals surface area contributed by atoms with E-state index in [1.165, 1.54) is 58.8 Å². The maximum Gasteiger partial charge on any atom is 0.250 e. The van der Waals surface area contributed by atoms with Crippen LogP contribution >= 0.6 is 22.7 Å². The summed E-state index contributed by atoms with van der Waals surface area (Å²) in [6.45, 7) is 3.48. The van der Waals surface area contributed by atoms with E-state index in [9.17, 15) is 14.0 Å². The third-order valence-corrected chi connectivity index (χ3v) is 5.95. The minimum absolute atomic E-state index is 0.128. The van der Waals surface area contributed by atoms with Gasteiger partial charge in [0.25, 0.3) is 0 Å². The van der Waals surface area contributed by atoms with Crippen LogP contribution in [0.3, 0.4) is 0 Å². The fourth-order valence-corrected chi connectivity index (χ4v) is 4.37. The zero-order valence-electron chi connectivity index (χ0n) is 17.2. The van der Waals surface area contributed by atoms with Gasteiger partial charge in [-0.15, -0.1) is 21.5 Å². The van der Waals surface area contributed by atoms with Gasteiger partial charge in [0.1, 0.15) is 10.8 Å². The van der Waals surface area contributed by atoms with Gasteiger partial charge in [0.05, 0.1) is 11.4 Å². The SMILES string of the molecule is CCCCCc1nnc(NC(=O)/C=C/c2csc(N(C(C)=O)c3ccccc3F)n2)s1. The smallest absolute Gasteiger partial charge is 0.250 e. The lowest BCUT2D eigenvalue weighted by atomic mass is 10.2. The van der Waals surface area contributed by atoms with Crippen molar-refractivity contribution >= 4 is 56.5 Å². The van der Waals surface area contributed by atoms with Gasteiger partial charge in [-0.1, -0.05) is 43.2 Å². The number of carbonyl (C=O) groups excluding carboxylic acids is 2. The molecule has 162 valence electrons. The minimum Gasteiger partial charge on any atom is -0.297 e. The monoisotopic (exact) mass is 459 g/mol. The topological polar surface area (TPSA) is 88.1 Å². The molecule has 0 aliphatic rings. The van der Waals surface area contributed by atoms with E-state index >= 15 is 0 Å². The summed E-state index contributed by atoms with van der Waals surface area (Å²) in [6.07, 6.45) is 7.03. The fourth-order valence-electron chi connectivity index (χ4n) is 2.74. The van der Waals surface area contributed by atoms with E-state index in [0.717, 1.165) is 30.7 Å². The lowest BCUT2D eigenvalue weighted by Gasteiger charge is -2.18. The number of aryl methyl sites for hydroxylation is 1. The summed E-state index contributed by atoms with van der Waals surface area (Å²) in [7, 11) is 0. The van der Waals surface area contributed by atoms with Crippen LogP contribution in [0.25, 0.3) is 6.08 Å². The van der Waals surface area contributed by atoms with E-state index in [-0.39, 0.29) is 17.5 Å². The molecule has 0 saturated heterocycles. The van der Waals surface area contributed by atoms with Gasteiger partial charge in [-0.05, 0) is 24.6 Å². The number of carbonyl (C=O) groups is 2. The van der Waals surface area contributed by atoms with Crippen LogP contribution in [0.5, 0.6) is 0 Å². The number of aromatic nitrogens is 3. The molecule has 2 heterocycles. The number of unbranched alkanes of at least 4 members (excludes halogenated alkanes) is 2. The van der Waals surface area contributed by atoms with E-state index in [1.54, 1.807) is 17.5 Å². The summed E-state index contributed by atoms with van der Waals surface area (Å²) in [5.74, 6) is -1.24. The van der Waals surface area contributed by atoms with Crippen molar-refractivity contribution in [1.29, 1.82) is 0 Å². The number of hydrogen-bond acceptors (Lipinski definition) is 7. The maximum atomic E-state index is 14.1. The molecule has 3 rings (SSSR count). The predicted molar refractivity (Wildman–Crippen MR) is 122 cm³/mol. The molecule has 2 aromatic heterocycles. The van der Waals surface area contributed by atoms with Gasteiger partial charge in [-0.2, -0.15) is 0 Å². The molecular weight excluding hydrogens is 437 g/mol. The Morgan fingerprint density at radius 2 is 2.03 bits per heavy atom. The second-order valence-electron chi connectivity index (χ2n) is 6.64. The average molecular weight is 460 g/mol. The zero-order chi connectivity index (χ0) is 22.2. The Kier molecular flexibility index (Phi) is 7.96. The summed E-state index contributed by atoms with van der Waals surface area (Å²) in [6, 6.07) is 6.00. The quantitative estimate of drug-likeness (QED) is 0.351. The van der Waals surface area contributed by atoms with Gasteiger partial charge < -0.3 is 0 Å². The zero-order valence-corrected chi connectivity index (χ0v) is 18.8. The molecule has 0 aliphatic heterocycles. The summed E-state index contributed by atoms with van der Waals surface area (Å²) in [4.78, 5) is 29.8. The molecule has 0 radical (unpaired) electrons.